The molecule has 1 aromatic heterocycles. The number of fused-ring (bicyclic) bond motifs is 1. The van der Waals surface area contributed by atoms with Gasteiger partial charge in [0.15, 0.2) is 0 Å². The number of aromatic nitrogens is 1. The van der Waals surface area contributed by atoms with Crippen molar-refractivity contribution in [1.29, 1.82) is 0 Å². The second-order valence-electron chi connectivity index (χ2n) is 5.65. The minimum atomic E-state index is -0.596. The van der Waals surface area contributed by atoms with Crippen LogP contribution in [0.5, 0.6) is 5.75 Å². The number of ether oxygens (including phenoxy) is 1. The molecule has 5 nitrogen and oxygen atoms in total. The number of pyridine rings is 1. The number of carbonyl (C=O) groups is 1. The zero-order valence-electron chi connectivity index (χ0n) is 13.6. The highest BCUT2D eigenvalue weighted by molar-refractivity contribution is 5.83. The highest BCUT2D eigenvalue weighted by atomic mass is 16.6. The van der Waals surface area contributed by atoms with Crippen LogP contribution in [-0.2, 0) is 6.54 Å². The molecule has 0 saturated heterocycles. The van der Waals surface area contributed by atoms with Crippen molar-refractivity contribution in [1.82, 2.24) is 10.3 Å². The second-order valence-corrected chi connectivity index (χ2v) is 5.65. The van der Waals surface area contributed by atoms with Crippen molar-refractivity contribution in [3.8, 4) is 5.75 Å². The number of carbonyl (C=O) groups excluding carboxylic acids is 1. The van der Waals surface area contributed by atoms with Gasteiger partial charge in [0.05, 0.1) is 12.1 Å². The SMILES string of the molecule is Cc1ccc2cc(CNC(=O)Oc3ccccc3)c(=O)[nH]c2c1C. The molecule has 0 radical (unpaired) electrons. The molecule has 0 saturated carbocycles. The van der Waals surface area contributed by atoms with Gasteiger partial charge in [-0.25, -0.2) is 4.79 Å². The number of aryl methyl sites for hydroxylation is 2. The molecule has 5 heteroatoms. The minimum Gasteiger partial charge on any atom is -0.410 e. The largest absolute Gasteiger partial charge is 0.412 e. The van der Waals surface area contributed by atoms with Gasteiger partial charge in [-0.05, 0) is 48.6 Å². The first-order valence-corrected chi connectivity index (χ1v) is 7.67. The molecule has 2 N–H and O–H groups in total. The Bertz CT molecular complexity index is 946. The quantitative estimate of drug-likeness (QED) is 0.776. The molecule has 0 spiro atoms. The van der Waals surface area contributed by atoms with Crippen molar-refractivity contribution < 1.29 is 9.53 Å². The summed E-state index contributed by atoms with van der Waals surface area (Å²) in [5, 5.41) is 3.53. The molecule has 3 rings (SSSR count). The van der Waals surface area contributed by atoms with Crippen LogP contribution in [0.1, 0.15) is 16.7 Å². The van der Waals surface area contributed by atoms with Gasteiger partial charge < -0.3 is 15.0 Å². The summed E-state index contributed by atoms with van der Waals surface area (Å²) >= 11 is 0. The van der Waals surface area contributed by atoms with Crippen LogP contribution in [0.3, 0.4) is 0 Å². The van der Waals surface area contributed by atoms with Gasteiger partial charge in [0.25, 0.3) is 5.56 Å². The predicted molar refractivity (Wildman–Crippen MR) is 93.3 cm³/mol. The standard InChI is InChI=1S/C19H18N2O3/c1-12-8-9-14-10-15(18(22)21-17(14)13(12)2)11-20-19(23)24-16-6-4-3-5-7-16/h3-10H,11H2,1-2H3,(H,20,23)(H,21,22). The Hall–Kier alpha value is -3.08. The van der Waals surface area contributed by atoms with E-state index in [0.29, 0.717) is 11.3 Å². The first-order valence-electron chi connectivity index (χ1n) is 7.67. The second kappa shape index (κ2) is 6.58. The number of H-pyrrole nitrogens is 1. The Morgan fingerprint density at radius 1 is 1.12 bits per heavy atom. The number of hydrogen-bond donors (Lipinski definition) is 2. The highest BCUT2D eigenvalue weighted by Crippen LogP contribution is 2.18. The normalized spacial score (nSPS) is 10.6. The van der Waals surface area contributed by atoms with E-state index in [4.69, 9.17) is 4.74 Å². The first kappa shape index (κ1) is 15.8. The highest BCUT2D eigenvalue weighted by Gasteiger charge is 2.09. The third-order valence-electron chi connectivity index (χ3n) is 4.00. The molecule has 0 fully saturated rings. The van der Waals surface area contributed by atoms with Crippen molar-refractivity contribution in [2.45, 2.75) is 20.4 Å². The average molecular weight is 322 g/mol. The van der Waals surface area contributed by atoms with Crippen LogP contribution in [0, 0.1) is 13.8 Å². The van der Waals surface area contributed by atoms with Crippen molar-refractivity contribution in [2.75, 3.05) is 0 Å². The summed E-state index contributed by atoms with van der Waals surface area (Å²) in [6.45, 7) is 4.08. The third kappa shape index (κ3) is 3.30. The number of hydrogen-bond acceptors (Lipinski definition) is 3. The number of amides is 1. The van der Waals surface area contributed by atoms with Gasteiger partial charge in [-0.2, -0.15) is 0 Å². The van der Waals surface area contributed by atoms with Crippen LogP contribution in [0.25, 0.3) is 10.9 Å². The summed E-state index contributed by atoms with van der Waals surface area (Å²) in [6.07, 6.45) is -0.596. The maximum Gasteiger partial charge on any atom is 0.412 e. The molecule has 24 heavy (non-hydrogen) atoms. The van der Waals surface area contributed by atoms with Crippen molar-refractivity contribution in [3.63, 3.8) is 0 Å². The maximum absolute atomic E-state index is 12.2. The fourth-order valence-electron chi connectivity index (χ4n) is 2.50. The fraction of sp³-hybridized carbons (Fsp3) is 0.158. The zero-order valence-corrected chi connectivity index (χ0v) is 13.6. The summed E-state index contributed by atoms with van der Waals surface area (Å²) in [7, 11) is 0. The molecule has 2 aromatic carbocycles. The Labute approximate surface area is 139 Å². The molecule has 0 aliphatic heterocycles. The van der Waals surface area contributed by atoms with E-state index in [-0.39, 0.29) is 12.1 Å². The molecule has 0 aliphatic carbocycles. The van der Waals surface area contributed by atoms with Gasteiger partial charge in [0.1, 0.15) is 5.75 Å². The lowest BCUT2D eigenvalue weighted by atomic mass is 10.0. The van der Waals surface area contributed by atoms with E-state index >= 15 is 0 Å². The van der Waals surface area contributed by atoms with E-state index in [9.17, 15) is 9.59 Å². The van der Waals surface area contributed by atoms with E-state index in [1.807, 2.05) is 32.0 Å². The van der Waals surface area contributed by atoms with Crippen molar-refractivity contribution in [3.05, 3.63) is 75.6 Å². The lowest BCUT2D eigenvalue weighted by Gasteiger charge is -2.09. The van der Waals surface area contributed by atoms with Crippen LogP contribution in [0.2, 0.25) is 0 Å². The van der Waals surface area contributed by atoms with Gasteiger partial charge in [-0.15, -0.1) is 0 Å². The van der Waals surface area contributed by atoms with E-state index < -0.39 is 6.09 Å². The minimum absolute atomic E-state index is 0.101. The van der Waals surface area contributed by atoms with Gasteiger partial charge >= 0.3 is 6.09 Å². The summed E-state index contributed by atoms with van der Waals surface area (Å²) in [4.78, 5) is 26.9. The van der Waals surface area contributed by atoms with Crippen LogP contribution >= 0.6 is 0 Å². The molecule has 3 aromatic rings. The van der Waals surface area contributed by atoms with Crippen LogP contribution < -0.4 is 15.6 Å². The maximum atomic E-state index is 12.2. The molecule has 1 heterocycles. The molecule has 0 aliphatic rings. The first-order chi connectivity index (χ1) is 11.5. The summed E-state index contributed by atoms with van der Waals surface area (Å²) in [5.74, 6) is 0.452. The third-order valence-corrected chi connectivity index (χ3v) is 4.00. The lowest BCUT2D eigenvalue weighted by Crippen LogP contribution is -2.29. The van der Waals surface area contributed by atoms with Gasteiger partial charge in [0.2, 0.25) is 0 Å². The number of nitrogens with one attached hydrogen (secondary N) is 2. The fourth-order valence-corrected chi connectivity index (χ4v) is 2.50. The molecule has 122 valence electrons. The van der Waals surface area contributed by atoms with Crippen LogP contribution in [0.4, 0.5) is 4.79 Å². The molecular weight excluding hydrogens is 304 g/mol. The monoisotopic (exact) mass is 322 g/mol. The average Bonchev–Trinajstić information content (AvgIpc) is 2.58. The Morgan fingerprint density at radius 3 is 2.62 bits per heavy atom. The Balaban J connectivity index is 1.76. The molecule has 0 atom stereocenters. The van der Waals surface area contributed by atoms with Gasteiger partial charge in [-0.1, -0.05) is 30.3 Å². The number of para-hydroxylation sites is 1. The summed E-state index contributed by atoms with van der Waals surface area (Å²) < 4.78 is 5.14. The smallest absolute Gasteiger partial charge is 0.410 e. The van der Waals surface area contributed by atoms with E-state index in [0.717, 1.165) is 22.0 Å². The van der Waals surface area contributed by atoms with E-state index in [1.165, 1.54) is 0 Å². The number of benzene rings is 2. The number of aromatic amines is 1. The van der Waals surface area contributed by atoms with Crippen LogP contribution in [-0.4, -0.2) is 11.1 Å². The molecular formula is C19H18N2O3. The Morgan fingerprint density at radius 2 is 1.88 bits per heavy atom. The molecule has 0 unspecified atom stereocenters. The van der Waals surface area contributed by atoms with Crippen molar-refractivity contribution >= 4 is 17.0 Å². The lowest BCUT2D eigenvalue weighted by molar-refractivity contribution is 0.200. The van der Waals surface area contributed by atoms with E-state index in [1.54, 1.807) is 30.3 Å². The zero-order chi connectivity index (χ0) is 17.1. The summed E-state index contributed by atoms with van der Waals surface area (Å²) in [6, 6.07) is 14.5. The predicted octanol–water partition coefficient (Wildman–Crippen LogP) is 3.43. The molecule has 0 bridgehead atoms. The van der Waals surface area contributed by atoms with Gasteiger partial charge in [0, 0.05) is 5.56 Å². The topological polar surface area (TPSA) is 71.2 Å². The number of rotatable bonds is 3. The Kier molecular flexibility index (Phi) is 4.33. The van der Waals surface area contributed by atoms with E-state index in [2.05, 4.69) is 10.3 Å². The van der Waals surface area contributed by atoms with Gasteiger partial charge in [-0.3, -0.25) is 4.79 Å². The summed E-state index contributed by atoms with van der Waals surface area (Å²) in [5.41, 5.74) is 3.27. The molecule has 1 amide bonds. The van der Waals surface area contributed by atoms with Crippen molar-refractivity contribution in [2.24, 2.45) is 0 Å². The van der Waals surface area contributed by atoms with Crippen LogP contribution in [0.15, 0.2) is 53.3 Å².